The van der Waals surface area contributed by atoms with Crippen molar-refractivity contribution < 1.29 is 4.74 Å². The molecule has 0 saturated carbocycles. The van der Waals surface area contributed by atoms with Crippen molar-refractivity contribution in [3.63, 3.8) is 0 Å². The summed E-state index contributed by atoms with van der Waals surface area (Å²) >= 11 is 0. The first-order chi connectivity index (χ1) is 10.8. The number of anilines is 1. The van der Waals surface area contributed by atoms with Crippen LogP contribution in [0.2, 0.25) is 0 Å². The van der Waals surface area contributed by atoms with Crippen LogP contribution in [0, 0.1) is 0 Å². The third-order valence-electron chi connectivity index (χ3n) is 4.37. The summed E-state index contributed by atoms with van der Waals surface area (Å²) in [5, 5.41) is 0. The molecule has 0 radical (unpaired) electrons. The van der Waals surface area contributed by atoms with E-state index in [1.54, 1.807) is 7.11 Å². The average Bonchev–Trinajstić information content (AvgIpc) is 2.57. The fourth-order valence-corrected chi connectivity index (χ4v) is 3.24. The first-order valence-electron chi connectivity index (χ1n) is 7.86. The Morgan fingerprint density at radius 2 is 1.73 bits per heavy atom. The number of rotatable bonds is 4. The zero-order valence-electron chi connectivity index (χ0n) is 13.4. The standard InChI is InChI=1S/C19H24N2O/c1-20-12-13-21(18-11-7-6-10-17(18)15-22-2)19(14-20)16-8-4-3-5-9-16/h3-11,19H,12-15H2,1-2H3. The lowest BCUT2D eigenvalue weighted by atomic mass is 10.0. The van der Waals surface area contributed by atoms with Gasteiger partial charge in [0.2, 0.25) is 0 Å². The van der Waals surface area contributed by atoms with Crippen molar-refractivity contribution in [3.05, 3.63) is 65.7 Å². The second kappa shape index (κ2) is 6.95. The molecule has 0 aliphatic carbocycles. The second-order valence-electron chi connectivity index (χ2n) is 5.94. The monoisotopic (exact) mass is 296 g/mol. The van der Waals surface area contributed by atoms with Gasteiger partial charge in [-0.15, -0.1) is 0 Å². The van der Waals surface area contributed by atoms with E-state index in [2.05, 4.69) is 71.4 Å². The lowest BCUT2D eigenvalue weighted by Crippen LogP contribution is -2.47. The van der Waals surface area contributed by atoms with Gasteiger partial charge >= 0.3 is 0 Å². The van der Waals surface area contributed by atoms with Gasteiger partial charge in [-0.2, -0.15) is 0 Å². The molecule has 2 aromatic rings. The molecule has 1 saturated heterocycles. The van der Waals surface area contributed by atoms with Crippen LogP contribution < -0.4 is 4.90 Å². The number of para-hydroxylation sites is 1. The number of piperazine rings is 1. The van der Waals surface area contributed by atoms with Crippen molar-refractivity contribution in [1.82, 2.24) is 4.90 Å². The highest BCUT2D eigenvalue weighted by molar-refractivity contribution is 5.56. The van der Waals surface area contributed by atoms with E-state index >= 15 is 0 Å². The van der Waals surface area contributed by atoms with E-state index in [4.69, 9.17) is 4.74 Å². The number of likely N-dealkylation sites (N-methyl/N-ethyl adjacent to an activating group) is 1. The molecule has 1 aliphatic rings. The first kappa shape index (κ1) is 15.1. The molecule has 2 aromatic carbocycles. The molecule has 116 valence electrons. The third kappa shape index (κ3) is 3.16. The summed E-state index contributed by atoms with van der Waals surface area (Å²) in [6.45, 7) is 3.83. The molecule has 3 heteroatoms. The highest BCUT2D eigenvalue weighted by atomic mass is 16.5. The Bertz CT molecular complexity index is 599. The van der Waals surface area contributed by atoms with Crippen LogP contribution in [0.25, 0.3) is 0 Å². The predicted molar refractivity (Wildman–Crippen MR) is 91.2 cm³/mol. The number of hydrogen-bond donors (Lipinski definition) is 0. The van der Waals surface area contributed by atoms with Crippen LogP contribution in [0.5, 0.6) is 0 Å². The summed E-state index contributed by atoms with van der Waals surface area (Å²) in [4.78, 5) is 4.94. The van der Waals surface area contributed by atoms with Crippen LogP contribution in [0.15, 0.2) is 54.6 Å². The van der Waals surface area contributed by atoms with Gasteiger partial charge in [0.1, 0.15) is 0 Å². The van der Waals surface area contributed by atoms with Gasteiger partial charge in [0.25, 0.3) is 0 Å². The number of nitrogens with zero attached hydrogens (tertiary/aromatic N) is 2. The Morgan fingerprint density at radius 1 is 1.00 bits per heavy atom. The maximum atomic E-state index is 5.38. The van der Waals surface area contributed by atoms with Crippen molar-refractivity contribution in [3.8, 4) is 0 Å². The molecule has 1 atom stereocenters. The normalized spacial score (nSPS) is 19.4. The summed E-state index contributed by atoms with van der Waals surface area (Å²) in [6.07, 6.45) is 0. The molecular weight excluding hydrogens is 272 g/mol. The second-order valence-corrected chi connectivity index (χ2v) is 5.94. The fraction of sp³-hybridized carbons (Fsp3) is 0.368. The van der Waals surface area contributed by atoms with Crippen molar-refractivity contribution in [2.75, 3.05) is 38.7 Å². The van der Waals surface area contributed by atoms with Crippen LogP contribution >= 0.6 is 0 Å². The lowest BCUT2D eigenvalue weighted by Gasteiger charge is -2.42. The van der Waals surface area contributed by atoms with E-state index in [9.17, 15) is 0 Å². The molecule has 0 aromatic heterocycles. The summed E-state index contributed by atoms with van der Waals surface area (Å²) in [5.41, 5.74) is 3.93. The van der Waals surface area contributed by atoms with Gasteiger partial charge in [-0.1, -0.05) is 48.5 Å². The van der Waals surface area contributed by atoms with Crippen LogP contribution in [0.1, 0.15) is 17.2 Å². The van der Waals surface area contributed by atoms with Crippen molar-refractivity contribution >= 4 is 5.69 Å². The minimum absolute atomic E-state index is 0.387. The van der Waals surface area contributed by atoms with E-state index in [-0.39, 0.29) is 0 Å². The molecule has 0 spiro atoms. The maximum absolute atomic E-state index is 5.38. The zero-order valence-corrected chi connectivity index (χ0v) is 13.4. The van der Waals surface area contributed by atoms with Crippen molar-refractivity contribution in [2.45, 2.75) is 12.6 Å². The van der Waals surface area contributed by atoms with Crippen LogP contribution in [-0.4, -0.2) is 38.7 Å². The Kier molecular flexibility index (Phi) is 4.76. The number of ether oxygens (including phenoxy) is 1. The van der Waals surface area contributed by atoms with Gasteiger partial charge < -0.3 is 14.5 Å². The third-order valence-corrected chi connectivity index (χ3v) is 4.37. The minimum Gasteiger partial charge on any atom is -0.380 e. The van der Waals surface area contributed by atoms with Crippen LogP contribution in [-0.2, 0) is 11.3 Å². The molecule has 3 rings (SSSR count). The quantitative estimate of drug-likeness (QED) is 0.861. The molecule has 3 nitrogen and oxygen atoms in total. The number of benzene rings is 2. The molecular formula is C19H24N2O. The van der Waals surface area contributed by atoms with E-state index in [0.29, 0.717) is 12.6 Å². The van der Waals surface area contributed by atoms with E-state index in [1.807, 2.05) is 0 Å². The van der Waals surface area contributed by atoms with Crippen molar-refractivity contribution in [1.29, 1.82) is 0 Å². The van der Waals surface area contributed by atoms with Gasteiger partial charge in [0.15, 0.2) is 0 Å². The molecule has 0 bridgehead atoms. The summed E-state index contributed by atoms with van der Waals surface area (Å²) < 4.78 is 5.38. The topological polar surface area (TPSA) is 15.7 Å². The van der Waals surface area contributed by atoms with Gasteiger partial charge in [0, 0.05) is 38.0 Å². The molecule has 0 N–H and O–H groups in total. The van der Waals surface area contributed by atoms with Gasteiger partial charge in [-0.05, 0) is 18.7 Å². The predicted octanol–water partition coefficient (Wildman–Crippen LogP) is 3.33. The number of hydrogen-bond acceptors (Lipinski definition) is 3. The first-order valence-corrected chi connectivity index (χ1v) is 7.86. The smallest absolute Gasteiger partial charge is 0.0733 e. The van der Waals surface area contributed by atoms with Gasteiger partial charge in [-0.25, -0.2) is 0 Å². The Labute approximate surface area is 133 Å². The molecule has 1 fully saturated rings. The molecule has 0 amide bonds. The summed E-state index contributed by atoms with van der Waals surface area (Å²) in [7, 11) is 3.96. The van der Waals surface area contributed by atoms with Gasteiger partial charge in [0.05, 0.1) is 12.6 Å². The molecule has 1 aliphatic heterocycles. The van der Waals surface area contributed by atoms with E-state index in [1.165, 1.54) is 16.8 Å². The van der Waals surface area contributed by atoms with Gasteiger partial charge in [-0.3, -0.25) is 0 Å². The van der Waals surface area contributed by atoms with E-state index in [0.717, 1.165) is 19.6 Å². The minimum atomic E-state index is 0.387. The Hall–Kier alpha value is -1.84. The highest BCUT2D eigenvalue weighted by Gasteiger charge is 2.27. The Balaban J connectivity index is 1.96. The summed E-state index contributed by atoms with van der Waals surface area (Å²) in [6, 6.07) is 19.8. The van der Waals surface area contributed by atoms with Crippen LogP contribution in [0.4, 0.5) is 5.69 Å². The average molecular weight is 296 g/mol. The van der Waals surface area contributed by atoms with Crippen LogP contribution in [0.3, 0.4) is 0 Å². The lowest BCUT2D eigenvalue weighted by molar-refractivity contribution is 0.184. The Morgan fingerprint density at radius 3 is 2.50 bits per heavy atom. The fourth-order valence-electron chi connectivity index (χ4n) is 3.24. The largest absolute Gasteiger partial charge is 0.380 e. The SMILES string of the molecule is COCc1ccccc1N1CCN(C)CC1c1ccccc1. The highest BCUT2D eigenvalue weighted by Crippen LogP contribution is 2.32. The molecule has 1 unspecified atom stereocenters. The summed E-state index contributed by atoms with van der Waals surface area (Å²) in [5.74, 6) is 0. The zero-order chi connectivity index (χ0) is 15.4. The molecule has 22 heavy (non-hydrogen) atoms. The van der Waals surface area contributed by atoms with Crippen molar-refractivity contribution in [2.24, 2.45) is 0 Å². The number of methoxy groups -OCH3 is 1. The molecule has 1 heterocycles. The van der Waals surface area contributed by atoms with E-state index < -0.39 is 0 Å². The maximum Gasteiger partial charge on any atom is 0.0733 e.